The molecule has 2 amide bonds. The first kappa shape index (κ1) is 15.1. The van der Waals surface area contributed by atoms with E-state index in [2.05, 4.69) is 0 Å². The van der Waals surface area contributed by atoms with Crippen molar-refractivity contribution in [2.75, 3.05) is 6.54 Å². The van der Waals surface area contributed by atoms with Crippen LogP contribution in [0.2, 0.25) is 0 Å². The van der Waals surface area contributed by atoms with Crippen LogP contribution in [0.4, 0.5) is 18.0 Å². The summed E-state index contributed by atoms with van der Waals surface area (Å²) in [5.41, 5.74) is -5.27. The summed E-state index contributed by atoms with van der Waals surface area (Å²) in [6.07, 6.45) is -0.903. The highest BCUT2D eigenvalue weighted by Gasteiger charge is 2.44. The van der Waals surface area contributed by atoms with Crippen LogP contribution in [-0.2, 0) is 9.53 Å². The van der Waals surface area contributed by atoms with Gasteiger partial charge in [0.25, 0.3) is 0 Å². The molecule has 0 bridgehead atoms. The molecule has 0 saturated carbocycles. The largest absolute Gasteiger partial charge is 0.443 e. The maximum atomic E-state index is 12.2. The first-order valence-electron chi connectivity index (χ1n) is 5.28. The molecule has 0 aromatic heterocycles. The second-order valence-corrected chi connectivity index (χ2v) is 6.08. The summed E-state index contributed by atoms with van der Waals surface area (Å²) >= 11 is -0.387. The van der Waals surface area contributed by atoms with Crippen LogP contribution in [-0.4, -0.2) is 39.8 Å². The van der Waals surface area contributed by atoms with E-state index < -0.39 is 28.4 Å². The monoisotopic (exact) mass is 285 g/mol. The van der Waals surface area contributed by atoms with Crippen LogP contribution < -0.4 is 0 Å². The van der Waals surface area contributed by atoms with Crippen LogP contribution in [0, 0.1) is 0 Å². The molecule has 104 valence electrons. The molecule has 18 heavy (non-hydrogen) atoms. The Labute approximate surface area is 107 Å². The third kappa shape index (κ3) is 4.40. The highest BCUT2D eigenvalue weighted by atomic mass is 32.2. The third-order valence-corrected chi connectivity index (χ3v) is 3.04. The Bertz CT molecular complexity index is 351. The Morgan fingerprint density at radius 2 is 1.94 bits per heavy atom. The Hall–Kier alpha value is -0.920. The fraction of sp³-hybridized carbons (Fsp3) is 0.800. The highest BCUT2D eigenvalue weighted by Crippen LogP contribution is 2.38. The van der Waals surface area contributed by atoms with E-state index in [0.717, 1.165) is 4.90 Å². The number of imide groups is 1. The van der Waals surface area contributed by atoms with Gasteiger partial charge in [-0.05, 0) is 39.0 Å². The maximum absolute atomic E-state index is 12.2. The number of amides is 2. The molecule has 0 aromatic rings. The van der Waals surface area contributed by atoms with Gasteiger partial charge in [-0.15, -0.1) is 0 Å². The number of halogens is 3. The van der Waals surface area contributed by atoms with Gasteiger partial charge < -0.3 is 4.74 Å². The van der Waals surface area contributed by atoms with Gasteiger partial charge in [-0.1, -0.05) is 0 Å². The van der Waals surface area contributed by atoms with E-state index >= 15 is 0 Å². The Morgan fingerprint density at radius 3 is 2.39 bits per heavy atom. The van der Waals surface area contributed by atoms with Crippen molar-refractivity contribution in [3.05, 3.63) is 0 Å². The predicted molar refractivity (Wildman–Crippen MR) is 60.0 cm³/mol. The number of likely N-dealkylation sites (tertiary alicyclic amines) is 1. The van der Waals surface area contributed by atoms with Crippen LogP contribution in [0.15, 0.2) is 0 Å². The SMILES string of the molecule is CC(C)(C)OC(=O)N1CCC(SC(F)(F)F)C1=O. The van der Waals surface area contributed by atoms with Crippen molar-refractivity contribution >= 4 is 23.8 Å². The van der Waals surface area contributed by atoms with Gasteiger partial charge in [-0.3, -0.25) is 4.79 Å². The number of thioether (sulfide) groups is 1. The number of alkyl halides is 3. The van der Waals surface area contributed by atoms with Gasteiger partial charge in [-0.25, -0.2) is 9.69 Å². The lowest BCUT2D eigenvalue weighted by Crippen LogP contribution is -2.39. The smallest absolute Gasteiger partial charge is 0.442 e. The predicted octanol–water partition coefficient (Wildman–Crippen LogP) is 2.78. The van der Waals surface area contributed by atoms with Crippen LogP contribution in [0.5, 0.6) is 0 Å². The summed E-state index contributed by atoms with van der Waals surface area (Å²) in [6, 6.07) is 0. The molecule has 0 aromatic carbocycles. The van der Waals surface area contributed by atoms with Crippen LogP contribution >= 0.6 is 11.8 Å². The van der Waals surface area contributed by atoms with E-state index in [1.165, 1.54) is 0 Å². The van der Waals surface area contributed by atoms with E-state index in [9.17, 15) is 22.8 Å². The number of rotatable bonds is 1. The molecule has 1 aliphatic heterocycles. The second-order valence-electron chi connectivity index (χ2n) is 4.81. The molecule has 1 fully saturated rings. The summed E-state index contributed by atoms with van der Waals surface area (Å²) < 4.78 is 41.4. The third-order valence-electron chi connectivity index (χ3n) is 2.05. The van der Waals surface area contributed by atoms with E-state index in [1.54, 1.807) is 20.8 Å². The van der Waals surface area contributed by atoms with Crippen molar-refractivity contribution in [2.45, 2.75) is 43.6 Å². The van der Waals surface area contributed by atoms with Crippen molar-refractivity contribution in [1.82, 2.24) is 4.90 Å². The summed E-state index contributed by atoms with van der Waals surface area (Å²) in [6.45, 7) is 4.82. The lowest BCUT2D eigenvalue weighted by Gasteiger charge is -2.23. The zero-order chi connectivity index (χ0) is 14.1. The number of hydrogen-bond donors (Lipinski definition) is 0. The molecule has 0 spiro atoms. The molecule has 1 saturated heterocycles. The average molecular weight is 285 g/mol. The average Bonchev–Trinajstić information content (AvgIpc) is 2.42. The van der Waals surface area contributed by atoms with E-state index in [1.807, 2.05) is 0 Å². The second kappa shape index (κ2) is 4.99. The summed E-state index contributed by atoms with van der Waals surface area (Å²) in [5.74, 6) is -0.841. The topological polar surface area (TPSA) is 46.6 Å². The molecule has 1 aliphatic rings. The number of ether oxygens (including phenoxy) is 1. The Morgan fingerprint density at radius 1 is 1.39 bits per heavy atom. The van der Waals surface area contributed by atoms with Crippen molar-refractivity contribution in [3.63, 3.8) is 0 Å². The van der Waals surface area contributed by atoms with Gasteiger partial charge in [0.05, 0.1) is 5.25 Å². The summed E-state index contributed by atoms with van der Waals surface area (Å²) in [5, 5.41) is -1.25. The number of hydrogen-bond acceptors (Lipinski definition) is 4. The lowest BCUT2D eigenvalue weighted by atomic mass is 10.2. The van der Waals surface area contributed by atoms with Gasteiger partial charge in [0, 0.05) is 6.54 Å². The fourth-order valence-electron chi connectivity index (χ4n) is 1.42. The minimum absolute atomic E-state index is 0.0117. The van der Waals surface area contributed by atoms with Gasteiger partial charge in [0.2, 0.25) is 5.91 Å². The molecule has 0 radical (unpaired) electrons. The first-order chi connectivity index (χ1) is 7.99. The van der Waals surface area contributed by atoms with E-state index in [4.69, 9.17) is 4.74 Å². The summed E-state index contributed by atoms with van der Waals surface area (Å²) in [4.78, 5) is 23.9. The van der Waals surface area contributed by atoms with Crippen molar-refractivity contribution in [3.8, 4) is 0 Å². The van der Waals surface area contributed by atoms with Crippen LogP contribution in [0.25, 0.3) is 0 Å². The Balaban J connectivity index is 2.62. The number of carbonyl (C=O) groups excluding carboxylic acids is 2. The standard InChI is InChI=1S/C10H14F3NO3S/c1-9(2,3)17-8(16)14-5-4-6(7(14)15)18-10(11,12)13/h6H,4-5H2,1-3H3. The molecule has 1 unspecified atom stereocenters. The zero-order valence-corrected chi connectivity index (χ0v) is 11.0. The number of nitrogens with zero attached hydrogens (tertiary/aromatic N) is 1. The van der Waals surface area contributed by atoms with Crippen molar-refractivity contribution in [1.29, 1.82) is 0 Å². The molecule has 0 N–H and O–H groups in total. The molecule has 4 nitrogen and oxygen atoms in total. The highest BCUT2D eigenvalue weighted by molar-refractivity contribution is 8.01. The summed E-state index contributed by atoms with van der Waals surface area (Å²) in [7, 11) is 0. The van der Waals surface area contributed by atoms with Crippen LogP contribution in [0.1, 0.15) is 27.2 Å². The first-order valence-corrected chi connectivity index (χ1v) is 6.16. The molecule has 1 rings (SSSR count). The Kier molecular flexibility index (Phi) is 4.19. The van der Waals surface area contributed by atoms with Gasteiger partial charge in [-0.2, -0.15) is 13.2 Å². The minimum Gasteiger partial charge on any atom is -0.443 e. The fourth-order valence-corrected chi connectivity index (χ4v) is 2.20. The molecule has 8 heteroatoms. The molecule has 0 aliphatic carbocycles. The lowest BCUT2D eigenvalue weighted by molar-refractivity contribution is -0.126. The van der Waals surface area contributed by atoms with Crippen molar-refractivity contribution < 1.29 is 27.5 Å². The molecule has 1 atom stereocenters. The van der Waals surface area contributed by atoms with Gasteiger partial charge in [0.15, 0.2) is 0 Å². The molecular formula is C10H14F3NO3S. The van der Waals surface area contributed by atoms with Crippen molar-refractivity contribution in [2.24, 2.45) is 0 Å². The number of carbonyl (C=O) groups is 2. The maximum Gasteiger partial charge on any atom is 0.442 e. The quantitative estimate of drug-likeness (QED) is 0.743. The molecular weight excluding hydrogens is 271 g/mol. The van der Waals surface area contributed by atoms with Crippen LogP contribution in [0.3, 0.4) is 0 Å². The normalized spacial score (nSPS) is 21.3. The minimum atomic E-state index is -4.48. The molecule has 1 heterocycles. The van der Waals surface area contributed by atoms with Gasteiger partial charge >= 0.3 is 11.6 Å². The van der Waals surface area contributed by atoms with E-state index in [-0.39, 0.29) is 24.7 Å². The van der Waals surface area contributed by atoms with Gasteiger partial charge in [0.1, 0.15) is 5.60 Å². The zero-order valence-electron chi connectivity index (χ0n) is 10.2. The van der Waals surface area contributed by atoms with E-state index in [0.29, 0.717) is 0 Å².